The third kappa shape index (κ3) is 2.11. The molecule has 1 N–H and O–H groups in total. The monoisotopic (exact) mass is 377 g/mol. The first kappa shape index (κ1) is 17.2. The van der Waals surface area contributed by atoms with Crippen LogP contribution < -0.4 is 4.90 Å². The molecule has 0 fully saturated rings. The lowest BCUT2D eigenvalue weighted by Gasteiger charge is -2.39. The number of hydrazone groups is 1. The highest BCUT2D eigenvalue weighted by atomic mass is 16.3. The number of anilines is 1. The molecule has 6 nitrogen and oxygen atoms in total. The molecule has 144 valence electrons. The second kappa shape index (κ2) is 5.80. The van der Waals surface area contributed by atoms with Gasteiger partial charge in [0, 0.05) is 25.8 Å². The van der Waals surface area contributed by atoms with E-state index >= 15 is 0 Å². The van der Waals surface area contributed by atoms with E-state index in [9.17, 15) is 14.7 Å². The second-order valence-electron chi connectivity index (χ2n) is 8.05. The number of aliphatic hydroxyl groups is 1. The first-order valence-corrected chi connectivity index (χ1v) is 9.87. The zero-order valence-electron chi connectivity index (χ0n) is 16.4. The van der Waals surface area contributed by atoms with Crippen molar-refractivity contribution in [3.63, 3.8) is 0 Å². The molecule has 3 heterocycles. The van der Waals surface area contributed by atoms with Crippen LogP contribution in [0.15, 0.2) is 28.1 Å². The van der Waals surface area contributed by atoms with Gasteiger partial charge in [0.1, 0.15) is 5.76 Å². The lowest BCUT2D eigenvalue weighted by molar-refractivity contribution is -0.125. The number of carbonyl (C=O) groups excluding carboxylic acids is 2. The van der Waals surface area contributed by atoms with Crippen molar-refractivity contribution < 1.29 is 14.7 Å². The molecule has 0 saturated carbocycles. The van der Waals surface area contributed by atoms with Gasteiger partial charge in [0.15, 0.2) is 0 Å². The number of amides is 1. The molecular formula is C22H23N3O3. The van der Waals surface area contributed by atoms with Gasteiger partial charge >= 0.3 is 0 Å². The van der Waals surface area contributed by atoms with E-state index in [4.69, 9.17) is 0 Å². The summed E-state index contributed by atoms with van der Waals surface area (Å²) in [6.45, 7) is 5.92. The highest BCUT2D eigenvalue weighted by Gasteiger charge is 2.43. The number of Topliss-reactive ketones (excluding diaryl/α,β-unsaturated/α-hetero) is 1. The number of nitrogens with zero attached hydrogens (tertiary/aromatic N) is 3. The average Bonchev–Trinajstić information content (AvgIpc) is 2.92. The minimum absolute atomic E-state index is 0.0723. The van der Waals surface area contributed by atoms with Crippen LogP contribution in [0.25, 0.3) is 5.57 Å². The van der Waals surface area contributed by atoms with E-state index in [-0.39, 0.29) is 28.6 Å². The fourth-order valence-electron chi connectivity index (χ4n) is 5.09. The topological polar surface area (TPSA) is 73.2 Å². The maximum Gasteiger partial charge on any atom is 0.276 e. The Hall–Kier alpha value is -2.89. The Balaban J connectivity index is 1.68. The molecule has 0 radical (unpaired) electrons. The third-order valence-electron chi connectivity index (χ3n) is 6.43. The van der Waals surface area contributed by atoms with Crippen molar-refractivity contribution in [3.05, 3.63) is 45.2 Å². The van der Waals surface area contributed by atoms with Gasteiger partial charge in [0.25, 0.3) is 5.91 Å². The summed E-state index contributed by atoms with van der Waals surface area (Å²) < 4.78 is 0. The zero-order chi connectivity index (χ0) is 19.7. The van der Waals surface area contributed by atoms with Crippen molar-refractivity contribution in [2.24, 2.45) is 5.10 Å². The predicted octanol–water partition coefficient (Wildman–Crippen LogP) is 2.69. The van der Waals surface area contributed by atoms with Gasteiger partial charge in [-0.05, 0) is 67.9 Å². The largest absolute Gasteiger partial charge is 0.506 e. The van der Waals surface area contributed by atoms with Gasteiger partial charge in [-0.2, -0.15) is 5.10 Å². The number of hydrogen-bond acceptors (Lipinski definition) is 5. The number of allylic oxidation sites excluding steroid dienone is 2. The number of aliphatic hydroxyl groups excluding tert-OH is 1. The number of benzene rings is 1. The second-order valence-corrected chi connectivity index (χ2v) is 8.05. The summed E-state index contributed by atoms with van der Waals surface area (Å²) in [5, 5.41) is 16.1. The molecule has 4 aliphatic rings. The Morgan fingerprint density at radius 2 is 1.75 bits per heavy atom. The van der Waals surface area contributed by atoms with Crippen LogP contribution in [0, 0.1) is 6.92 Å². The van der Waals surface area contributed by atoms with Gasteiger partial charge in [0.05, 0.1) is 22.4 Å². The van der Waals surface area contributed by atoms with Crippen LogP contribution in [0.2, 0.25) is 0 Å². The Morgan fingerprint density at radius 3 is 2.39 bits per heavy atom. The lowest BCUT2D eigenvalue weighted by atomic mass is 9.76. The molecule has 0 aromatic heterocycles. The predicted molar refractivity (Wildman–Crippen MR) is 107 cm³/mol. The lowest BCUT2D eigenvalue weighted by Crippen LogP contribution is -2.35. The van der Waals surface area contributed by atoms with Crippen LogP contribution in [0.5, 0.6) is 0 Å². The SMILES string of the molecule is CC1=NN(C)C(=O)/C1=C1/C(=O)C(c2cc3c4c(c2C)CCCN4CCC3)=C1O. The Kier molecular flexibility index (Phi) is 3.57. The number of likely N-dealkylation sites (N-methyl/N-ethyl adjacent to an activating group) is 1. The van der Waals surface area contributed by atoms with Gasteiger partial charge in [-0.3, -0.25) is 9.59 Å². The van der Waals surface area contributed by atoms with Crippen molar-refractivity contribution in [1.29, 1.82) is 0 Å². The summed E-state index contributed by atoms with van der Waals surface area (Å²) in [6.07, 6.45) is 4.22. The molecule has 0 saturated heterocycles. The average molecular weight is 377 g/mol. The standard InChI is InChI=1S/C22H23N3O3/c1-11-14-7-5-9-25-8-4-6-13(19(14)25)10-15(11)17-20(26)18(21(17)27)16-12(2)23-24(3)22(16)28/h10,26H,4-9H2,1-3H3/b18-16+. The quantitative estimate of drug-likeness (QED) is 0.764. The molecule has 1 aromatic rings. The van der Waals surface area contributed by atoms with E-state index in [0.29, 0.717) is 11.3 Å². The number of ketones is 1. The van der Waals surface area contributed by atoms with Crippen LogP contribution >= 0.6 is 0 Å². The van der Waals surface area contributed by atoms with Crippen LogP contribution in [0.3, 0.4) is 0 Å². The smallest absolute Gasteiger partial charge is 0.276 e. The number of hydrogen-bond donors (Lipinski definition) is 1. The maximum atomic E-state index is 13.0. The van der Waals surface area contributed by atoms with Gasteiger partial charge < -0.3 is 10.0 Å². The van der Waals surface area contributed by atoms with Crippen LogP contribution in [0.1, 0.15) is 42.0 Å². The molecule has 1 aromatic carbocycles. The molecule has 6 heteroatoms. The van der Waals surface area contributed by atoms with Gasteiger partial charge in [-0.1, -0.05) is 0 Å². The fraction of sp³-hybridized carbons (Fsp3) is 0.409. The Labute approximate surface area is 163 Å². The Morgan fingerprint density at radius 1 is 1.04 bits per heavy atom. The van der Waals surface area contributed by atoms with E-state index < -0.39 is 0 Å². The van der Waals surface area contributed by atoms with Crippen LogP contribution in [0.4, 0.5) is 5.69 Å². The van der Waals surface area contributed by atoms with E-state index in [1.165, 1.54) is 21.8 Å². The number of carbonyl (C=O) groups is 2. The summed E-state index contributed by atoms with van der Waals surface area (Å²) >= 11 is 0. The van der Waals surface area contributed by atoms with Gasteiger partial charge in [-0.25, -0.2) is 5.01 Å². The summed E-state index contributed by atoms with van der Waals surface area (Å²) in [6, 6.07) is 2.08. The molecule has 3 aliphatic heterocycles. The first-order valence-electron chi connectivity index (χ1n) is 9.87. The Bertz CT molecular complexity index is 1060. The summed E-state index contributed by atoms with van der Waals surface area (Å²) in [4.78, 5) is 27.9. The van der Waals surface area contributed by atoms with Crippen molar-refractivity contribution >= 4 is 28.7 Å². The van der Waals surface area contributed by atoms with E-state index in [2.05, 4.69) is 16.1 Å². The molecule has 0 unspecified atom stereocenters. The third-order valence-corrected chi connectivity index (χ3v) is 6.43. The van der Waals surface area contributed by atoms with Crippen molar-refractivity contribution in [2.45, 2.75) is 39.5 Å². The molecule has 1 aliphatic carbocycles. The molecule has 0 bridgehead atoms. The van der Waals surface area contributed by atoms with Crippen LogP contribution in [-0.2, 0) is 22.4 Å². The van der Waals surface area contributed by atoms with Crippen LogP contribution in [-0.4, -0.2) is 47.7 Å². The highest BCUT2D eigenvalue weighted by molar-refractivity contribution is 6.44. The molecule has 28 heavy (non-hydrogen) atoms. The summed E-state index contributed by atoms with van der Waals surface area (Å²) in [5.74, 6) is -0.680. The fourth-order valence-corrected chi connectivity index (χ4v) is 5.09. The van der Waals surface area contributed by atoms with E-state index in [1.807, 2.05) is 6.92 Å². The molecule has 0 spiro atoms. The molecule has 5 rings (SSSR count). The van der Waals surface area contributed by atoms with Crippen molar-refractivity contribution in [1.82, 2.24) is 5.01 Å². The maximum absolute atomic E-state index is 13.0. The van der Waals surface area contributed by atoms with Crippen molar-refractivity contribution in [2.75, 3.05) is 25.0 Å². The highest BCUT2D eigenvalue weighted by Crippen LogP contribution is 2.45. The zero-order valence-corrected chi connectivity index (χ0v) is 16.4. The van der Waals surface area contributed by atoms with Crippen molar-refractivity contribution in [3.8, 4) is 0 Å². The minimum atomic E-state index is -0.348. The first-order chi connectivity index (χ1) is 13.4. The molecule has 0 atom stereocenters. The van der Waals surface area contributed by atoms with Gasteiger partial charge in [0.2, 0.25) is 5.78 Å². The van der Waals surface area contributed by atoms with Gasteiger partial charge in [-0.15, -0.1) is 0 Å². The van der Waals surface area contributed by atoms with E-state index in [1.54, 1.807) is 14.0 Å². The van der Waals surface area contributed by atoms with E-state index in [0.717, 1.165) is 49.9 Å². The summed E-state index contributed by atoms with van der Waals surface area (Å²) in [5.41, 5.74) is 6.95. The molecule has 1 amide bonds. The number of aryl methyl sites for hydroxylation is 1. The minimum Gasteiger partial charge on any atom is -0.506 e. The number of rotatable bonds is 1. The normalized spacial score (nSPS) is 23.9. The molecular weight excluding hydrogens is 354 g/mol. The summed E-state index contributed by atoms with van der Waals surface area (Å²) in [7, 11) is 1.55.